The van der Waals surface area contributed by atoms with Crippen molar-refractivity contribution in [3.05, 3.63) is 24.3 Å². The molecular formula is C13H17N3S. The predicted octanol–water partition coefficient (Wildman–Crippen LogP) is 2.71. The van der Waals surface area contributed by atoms with Crippen molar-refractivity contribution in [3.8, 4) is 0 Å². The van der Waals surface area contributed by atoms with Crippen LogP contribution < -0.4 is 10.6 Å². The van der Waals surface area contributed by atoms with E-state index < -0.39 is 0 Å². The van der Waals surface area contributed by atoms with Gasteiger partial charge in [-0.1, -0.05) is 12.1 Å². The highest BCUT2D eigenvalue weighted by atomic mass is 32.1. The molecule has 1 aromatic carbocycles. The lowest BCUT2D eigenvalue weighted by Crippen LogP contribution is -2.12. The number of hydrogen-bond donors (Lipinski definition) is 2. The Kier molecular flexibility index (Phi) is 3.25. The Bertz CT molecular complexity index is 488. The molecule has 0 bridgehead atoms. The van der Waals surface area contributed by atoms with Crippen molar-refractivity contribution in [2.24, 2.45) is 5.92 Å². The third-order valence-corrected chi connectivity index (χ3v) is 4.22. The van der Waals surface area contributed by atoms with Gasteiger partial charge in [0.2, 0.25) is 0 Å². The fourth-order valence-corrected chi connectivity index (χ4v) is 3.15. The van der Waals surface area contributed by atoms with E-state index in [-0.39, 0.29) is 0 Å². The van der Waals surface area contributed by atoms with Crippen LogP contribution in [0, 0.1) is 5.92 Å². The number of rotatable bonds is 4. The van der Waals surface area contributed by atoms with Crippen molar-refractivity contribution in [3.63, 3.8) is 0 Å². The minimum Gasteiger partial charge on any atom is -0.375 e. The van der Waals surface area contributed by atoms with Gasteiger partial charge in [-0.25, -0.2) is 0 Å². The normalized spacial score (nSPS) is 19.9. The largest absolute Gasteiger partial charge is 0.375 e. The van der Waals surface area contributed by atoms with Gasteiger partial charge in [0.05, 0.1) is 5.52 Å². The molecule has 2 aromatic rings. The van der Waals surface area contributed by atoms with Crippen molar-refractivity contribution < 1.29 is 0 Å². The number of fused-ring (bicyclic) bond motifs is 1. The summed E-state index contributed by atoms with van der Waals surface area (Å²) in [5.74, 6) is 0.849. The number of nitrogens with one attached hydrogen (secondary N) is 2. The van der Waals surface area contributed by atoms with Gasteiger partial charge in [0, 0.05) is 11.9 Å². The summed E-state index contributed by atoms with van der Waals surface area (Å²) in [6.45, 7) is 3.43. The van der Waals surface area contributed by atoms with Crippen molar-refractivity contribution in [2.75, 3.05) is 25.0 Å². The number of hydrogen-bond acceptors (Lipinski definition) is 4. The lowest BCUT2D eigenvalue weighted by atomic mass is 10.1. The highest BCUT2D eigenvalue weighted by molar-refractivity contribution is 7.11. The van der Waals surface area contributed by atoms with E-state index >= 15 is 0 Å². The fourth-order valence-electron chi connectivity index (χ4n) is 2.37. The van der Waals surface area contributed by atoms with E-state index in [1.807, 2.05) is 6.07 Å². The summed E-state index contributed by atoms with van der Waals surface area (Å²) in [4.78, 5) is 0. The summed E-state index contributed by atoms with van der Waals surface area (Å²) >= 11 is 1.57. The molecule has 90 valence electrons. The SMILES string of the molecule is c1ccc2c(NCCC3CCNC3)snc2c1. The Morgan fingerprint density at radius 3 is 3.24 bits per heavy atom. The zero-order valence-electron chi connectivity index (χ0n) is 9.78. The maximum Gasteiger partial charge on any atom is 0.117 e. The van der Waals surface area contributed by atoms with E-state index in [4.69, 9.17) is 0 Å². The Hall–Kier alpha value is -1.13. The average molecular weight is 247 g/mol. The minimum atomic E-state index is 0.849. The molecule has 3 rings (SSSR count). The third-order valence-electron chi connectivity index (χ3n) is 3.38. The van der Waals surface area contributed by atoms with Crippen LogP contribution in [0.2, 0.25) is 0 Å². The van der Waals surface area contributed by atoms with Crippen LogP contribution in [0.5, 0.6) is 0 Å². The van der Waals surface area contributed by atoms with Gasteiger partial charge < -0.3 is 10.6 Å². The maximum atomic E-state index is 4.44. The van der Waals surface area contributed by atoms with Crippen LogP contribution in [-0.2, 0) is 0 Å². The lowest BCUT2D eigenvalue weighted by Gasteiger charge is -2.08. The van der Waals surface area contributed by atoms with Gasteiger partial charge in [0.15, 0.2) is 0 Å². The average Bonchev–Trinajstić information content (AvgIpc) is 2.99. The number of anilines is 1. The second-order valence-corrected chi connectivity index (χ2v) is 5.38. The molecule has 3 nitrogen and oxygen atoms in total. The molecule has 0 amide bonds. The van der Waals surface area contributed by atoms with Crippen molar-refractivity contribution >= 4 is 27.4 Å². The summed E-state index contributed by atoms with van der Waals surface area (Å²) < 4.78 is 4.44. The van der Waals surface area contributed by atoms with Gasteiger partial charge in [-0.2, -0.15) is 4.37 Å². The molecular weight excluding hydrogens is 230 g/mol. The van der Waals surface area contributed by atoms with Gasteiger partial charge in [-0.05, 0) is 55.5 Å². The van der Waals surface area contributed by atoms with Crippen LogP contribution in [0.3, 0.4) is 0 Å². The van der Waals surface area contributed by atoms with Gasteiger partial charge in [-0.15, -0.1) is 0 Å². The molecule has 1 atom stereocenters. The standard InChI is InChI=1S/C13H17N3S/c1-2-4-12-11(3-1)13(17-16-12)15-8-6-10-5-7-14-9-10/h1-4,10,14-15H,5-9H2. The first-order chi connectivity index (χ1) is 8.43. The molecule has 0 spiro atoms. The molecule has 1 aliphatic rings. The molecule has 4 heteroatoms. The van der Waals surface area contributed by atoms with Crippen LogP contribution >= 0.6 is 11.5 Å². The van der Waals surface area contributed by atoms with E-state index in [0.29, 0.717) is 0 Å². The molecule has 17 heavy (non-hydrogen) atoms. The van der Waals surface area contributed by atoms with Gasteiger partial charge in [0.1, 0.15) is 5.00 Å². The Balaban J connectivity index is 1.60. The summed E-state index contributed by atoms with van der Waals surface area (Å²) in [6.07, 6.45) is 2.57. The molecule has 1 aliphatic heterocycles. The number of benzene rings is 1. The fraction of sp³-hybridized carbons (Fsp3) is 0.462. The van der Waals surface area contributed by atoms with Crippen molar-refractivity contribution in [1.82, 2.24) is 9.69 Å². The molecule has 2 N–H and O–H groups in total. The molecule has 1 fully saturated rings. The summed E-state index contributed by atoms with van der Waals surface area (Å²) in [5.41, 5.74) is 1.10. The topological polar surface area (TPSA) is 37.0 Å². The second kappa shape index (κ2) is 5.02. The van der Waals surface area contributed by atoms with Crippen LogP contribution in [0.15, 0.2) is 24.3 Å². The summed E-state index contributed by atoms with van der Waals surface area (Å²) in [7, 11) is 0. The molecule has 0 radical (unpaired) electrons. The minimum absolute atomic E-state index is 0.849. The maximum absolute atomic E-state index is 4.44. The zero-order chi connectivity index (χ0) is 11.5. The van der Waals surface area contributed by atoms with E-state index in [0.717, 1.165) is 18.0 Å². The second-order valence-electron chi connectivity index (χ2n) is 4.60. The lowest BCUT2D eigenvalue weighted by molar-refractivity contribution is 0.549. The third kappa shape index (κ3) is 2.42. The first kappa shape index (κ1) is 11.0. The van der Waals surface area contributed by atoms with E-state index in [1.54, 1.807) is 11.5 Å². The van der Waals surface area contributed by atoms with E-state index in [9.17, 15) is 0 Å². The van der Waals surface area contributed by atoms with Crippen LogP contribution in [-0.4, -0.2) is 24.0 Å². The molecule has 2 heterocycles. The molecule has 0 aliphatic carbocycles. The summed E-state index contributed by atoms with van der Waals surface area (Å²) in [5, 5.41) is 9.40. The van der Waals surface area contributed by atoms with E-state index in [1.165, 1.54) is 36.3 Å². The quantitative estimate of drug-likeness (QED) is 0.872. The van der Waals surface area contributed by atoms with Gasteiger partial charge >= 0.3 is 0 Å². The van der Waals surface area contributed by atoms with Crippen molar-refractivity contribution in [1.29, 1.82) is 0 Å². The van der Waals surface area contributed by atoms with Crippen molar-refractivity contribution in [2.45, 2.75) is 12.8 Å². The van der Waals surface area contributed by atoms with Crippen LogP contribution in [0.25, 0.3) is 10.9 Å². The highest BCUT2D eigenvalue weighted by Gasteiger charge is 2.13. The number of aromatic nitrogens is 1. The first-order valence-corrected chi connectivity index (χ1v) is 7.00. The molecule has 1 saturated heterocycles. The van der Waals surface area contributed by atoms with Crippen LogP contribution in [0.4, 0.5) is 5.00 Å². The Labute approximate surface area is 105 Å². The zero-order valence-corrected chi connectivity index (χ0v) is 10.6. The van der Waals surface area contributed by atoms with Gasteiger partial charge in [-0.3, -0.25) is 0 Å². The molecule has 0 saturated carbocycles. The summed E-state index contributed by atoms with van der Waals surface area (Å²) in [6, 6.07) is 8.31. The van der Waals surface area contributed by atoms with Crippen LogP contribution in [0.1, 0.15) is 12.8 Å². The smallest absolute Gasteiger partial charge is 0.117 e. The molecule has 1 aromatic heterocycles. The molecule has 1 unspecified atom stereocenters. The van der Waals surface area contributed by atoms with E-state index in [2.05, 4.69) is 33.2 Å². The predicted molar refractivity (Wildman–Crippen MR) is 73.7 cm³/mol. The Morgan fingerprint density at radius 1 is 1.41 bits per heavy atom. The monoisotopic (exact) mass is 247 g/mol. The Morgan fingerprint density at radius 2 is 2.35 bits per heavy atom. The first-order valence-electron chi connectivity index (χ1n) is 6.22. The number of nitrogens with zero attached hydrogens (tertiary/aromatic N) is 1. The van der Waals surface area contributed by atoms with Gasteiger partial charge in [0.25, 0.3) is 0 Å². The highest BCUT2D eigenvalue weighted by Crippen LogP contribution is 2.27.